The number of methoxy groups -OCH3 is 1. The minimum atomic E-state index is -0.127. The standard InChI is InChI=1S/C12H16INO3/c1-8(5-6-15)14-12(16)10-4-3-9(17-2)7-11(10)13/h3-4,7-8,15H,5-6H2,1-2H3,(H,14,16)/t8-/m1/s1. The van der Waals surface area contributed by atoms with Crippen LogP contribution in [0.1, 0.15) is 23.7 Å². The average Bonchev–Trinajstić information content (AvgIpc) is 2.28. The van der Waals surface area contributed by atoms with Crippen molar-refractivity contribution in [1.82, 2.24) is 5.32 Å². The lowest BCUT2D eigenvalue weighted by atomic mass is 10.1. The lowest BCUT2D eigenvalue weighted by Crippen LogP contribution is -2.33. The molecule has 0 bridgehead atoms. The van der Waals surface area contributed by atoms with Crippen LogP contribution in [0.5, 0.6) is 5.75 Å². The molecule has 17 heavy (non-hydrogen) atoms. The minimum Gasteiger partial charge on any atom is -0.497 e. The normalized spacial score (nSPS) is 12.0. The topological polar surface area (TPSA) is 58.6 Å². The maximum atomic E-state index is 11.9. The van der Waals surface area contributed by atoms with Crippen molar-refractivity contribution in [2.24, 2.45) is 0 Å². The van der Waals surface area contributed by atoms with E-state index in [1.165, 1.54) is 0 Å². The molecular formula is C12H16INO3. The summed E-state index contributed by atoms with van der Waals surface area (Å²) in [5.41, 5.74) is 0.621. The Kier molecular flexibility index (Phi) is 5.70. The van der Waals surface area contributed by atoms with Gasteiger partial charge in [0.1, 0.15) is 5.75 Å². The predicted molar refractivity (Wildman–Crippen MR) is 74.3 cm³/mol. The van der Waals surface area contributed by atoms with Gasteiger partial charge in [-0.05, 0) is 54.1 Å². The molecule has 0 aromatic heterocycles. The summed E-state index contributed by atoms with van der Waals surface area (Å²) in [6.45, 7) is 1.94. The number of nitrogens with one attached hydrogen (secondary N) is 1. The SMILES string of the molecule is COc1ccc(C(=O)N[C@H](C)CCO)c(I)c1. The van der Waals surface area contributed by atoms with Gasteiger partial charge >= 0.3 is 0 Å². The van der Waals surface area contributed by atoms with Crippen molar-refractivity contribution >= 4 is 28.5 Å². The van der Waals surface area contributed by atoms with Gasteiger partial charge in [0, 0.05) is 16.2 Å². The summed E-state index contributed by atoms with van der Waals surface area (Å²) in [6.07, 6.45) is 0.554. The van der Waals surface area contributed by atoms with Crippen LogP contribution < -0.4 is 10.1 Å². The molecule has 0 spiro atoms. The highest BCUT2D eigenvalue weighted by Gasteiger charge is 2.12. The van der Waals surface area contributed by atoms with Crippen LogP contribution in [0.25, 0.3) is 0 Å². The molecule has 0 fully saturated rings. The molecule has 94 valence electrons. The molecule has 1 rings (SSSR count). The van der Waals surface area contributed by atoms with Gasteiger partial charge in [-0.1, -0.05) is 0 Å². The first-order chi connectivity index (χ1) is 8.08. The molecule has 0 saturated heterocycles. The fraction of sp³-hybridized carbons (Fsp3) is 0.417. The molecular weight excluding hydrogens is 333 g/mol. The van der Waals surface area contributed by atoms with Crippen molar-refractivity contribution in [1.29, 1.82) is 0 Å². The van der Waals surface area contributed by atoms with Crippen molar-refractivity contribution in [2.45, 2.75) is 19.4 Å². The number of aliphatic hydroxyl groups is 1. The van der Waals surface area contributed by atoms with E-state index >= 15 is 0 Å². The highest BCUT2D eigenvalue weighted by atomic mass is 127. The summed E-state index contributed by atoms with van der Waals surface area (Å²) in [5.74, 6) is 0.604. The monoisotopic (exact) mass is 349 g/mol. The summed E-state index contributed by atoms with van der Waals surface area (Å²) in [6, 6.07) is 5.27. The number of rotatable bonds is 5. The third-order valence-electron chi connectivity index (χ3n) is 2.36. The van der Waals surface area contributed by atoms with Gasteiger partial charge in [-0.2, -0.15) is 0 Å². The number of carbonyl (C=O) groups excluding carboxylic acids is 1. The molecule has 2 N–H and O–H groups in total. The Hall–Kier alpha value is -0.820. The summed E-state index contributed by atoms with van der Waals surface area (Å²) in [7, 11) is 1.59. The van der Waals surface area contributed by atoms with Crippen LogP contribution >= 0.6 is 22.6 Å². The summed E-state index contributed by atoms with van der Waals surface area (Å²) < 4.78 is 5.92. The zero-order valence-corrected chi connectivity index (χ0v) is 12.0. The Morgan fingerprint density at radius 2 is 2.29 bits per heavy atom. The Morgan fingerprint density at radius 3 is 2.82 bits per heavy atom. The number of hydrogen-bond donors (Lipinski definition) is 2. The fourth-order valence-corrected chi connectivity index (χ4v) is 2.11. The van der Waals surface area contributed by atoms with Crippen LogP contribution in [0.4, 0.5) is 0 Å². The second-order valence-corrected chi connectivity index (χ2v) is 4.89. The zero-order chi connectivity index (χ0) is 12.8. The Bertz CT molecular complexity index is 395. The highest BCUT2D eigenvalue weighted by Crippen LogP contribution is 2.19. The third kappa shape index (κ3) is 4.16. The second-order valence-electron chi connectivity index (χ2n) is 3.73. The zero-order valence-electron chi connectivity index (χ0n) is 9.87. The average molecular weight is 349 g/mol. The maximum Gasteiger partial charge on any atom is 0.252 e. The lowest BCUT2D eigenvalue weighted by molar-refractivity contribution is 0.0933. The number of carbonyl (C=O) groups is 1. The first-order valence-corrected chi connectivity index (χ1v) is 6.41. The Balaban J connectivity index is 2.75. The molecule has 0 heterocycles. The molecule has 0 aliphatic carbocycles. The second kappa shape index (κ2) is 6.80. The van der Waals surface area contributed by atoms with Gasteiger partial charge < -0.3 is 15.2 Å². The first kappa shape index (κ1) is 14.2. The largest absolute Gasteiger partial charge is 0.497 e. The molecule has 0 aliphatic rings. The van der Waals surface area contributed by atoms with E-state index in [9.17, 15) is 4.79 Å². The highest BCUT2D eigenvalue weighted by molar-refractivity contribution is 14.1. The van der Waals surface area contributed by atoms with E-state index in [2.05, 4.69) is 27.9 Å². The molecule has 0 saturated carbocycles. The van der Waals surface area contributed by atoms with Gasteiger partial charge in [0.2, 0.25) is 0 Å². The number of amides is 1. The quantitative estimate of drug-likeness (QED) is 0.797. The molecule has 0 radical (unpaired) electrons. The van der Waals surface area contributed by atoms with Crippen LogP contribution in [0, 0.1) is 3.57 Å². The van der Waals surface area contributed by atoms with E-state index in [0.29, 0.717) is 12.0 Å². The summed E-state index contributed by atoms with van der Waals surface area (Å²) in [4.78, 5) is 11.9. The molecule has 0 unspecified atom stereocenters. The smallest absolute Gasteiger partial charge is 0.252 e. The molecule has 1 aromatic rings. The first-order valence-electron chi connectivity index (χ1n) is 5.33. The number of ether oxygens (including phenoxy) is 1. The Labute approximate surface area is 115 Å². The summed E-state index contributed by atoms with van der Waals surface area (Å²) >= 11 is 2.10. The van der Waals surface area contributed by atoms with E-state index in [1.54, 1.807) is 19.2 Å². The molecule has 1 atom stereocenters. The van der Waals surface area contributed by atoms with Crippen molar-refractivity contribution in [3.63, 3.8) is 0 Å². The third-order valence-corrected chi connectivity index (χ3v) is 3.25. The number of aliphatic hydroxyl groups excluding tert-OH is 1. The van der Waals surface area contributed by atoms with E-state index < -0.39 is 0 Å². The van der Waals surface area contributed by atoms with Gasteiger partial charge in [-0.3, -0.25) is 4.79 Å². The van der Waals surface area contributed by atoms with Crippen LogP contribution in [0.3, 0.4) is 0 Å². The van der Waals surface area contributed by atoms with Gasteiger partial charge in [-0.15, -0.1) is 0 Å². The maximum absolute atomic E-state index is 11.9. The lowest BCUT2D eigenvalue weighted by Gasteiger charge is -2.13. The Morgan fingerprint density at radius 1 is 1.59 bits per heavy atom. The van der Waals surface area contributed by atoms with Crippen LogP contribution in [0.2, 0.25) is 0 Å². The summed E-state index contributed by atoms with van der Waals surface area (Å²) in [5, 5.41) is 11.6. The van der Waals surface area contributed by atoms with Crippen LogP contribution in [0.15, 0.2) is 18.2 Å². The van der Waals surface area contributed by atoms with E-state index in [-0.39, 0.29) is 18.6 Å². The number of hydrogen-bond acceptors (Lipinski definition) is 3. The van der Waals surface area contributed by atoms with Gasteiger partial charge in [0.25, 0.3) is 5.91 Å². The van der Waals surface area contributed by atoms with Crippen molar-refractivity contribution in [2.75, 3.05) is 13.7 Å². The fourth-order valence-electron chi connectivity index (χ4n) is 1.37. The molecule has 4 nitrogen and oxygen atoms in total. The van der Waals surface area contributed by atoms with E-state index in [4.69, 9.17) is 9.84 Å². The van der Waals surface area contributed by atoms with Gasteiger partial charge in [0.05, 0.1) is 12.7 Å². The van der Waals surface area contributed by atoms with Crippen LogP contribution in [-0.4, -0.2) is 30.8 Å². The predicted octanol–water partition coefficient (Wildman–Crippen LogP) is 1.80. The van der Waals surface area contributed by atoms with Gasteiger partial charge in [0.15, 0.2) is 0 Å². The van der Waals surface area contributed by atoms with Crippen molar-refractivity contribution < 1.29 is 14.6 Å². The molecule has 0 aliphatic heterocycles. The number of benzene rings is 1. The molecule has 5 heteroatoms. The van der Waals surface area contributed by atoms with Crippen LogP contribution in [-0.2, 0) is 0 Å². The number of halogens is 1. The molecule has 1 aromatic carbocycles. The minimum absolute atomic E-state index is 0.0367. The van der Waals surface area contributed by atoms with Crippen molar-refractivity contribution in [3.8, 4) is 5.75 Å². The van der Waals surface area contributed by atoms with Gasteiger partial charge in [-0.25, -0.2) is 0 Å². The van der Waals surface area contributed by atoms with E-state index in [0.717, 1.165) is 9.32 Å². The van der Waals surface area contributed by atoms with Crippen molar-refractivity contribution in [3.05, 3.63) is 27.3 Å². The molecule has 1 amide bonds. The van der Waals surface area contributed by atoms with E-state index in [1.807, 2.05) is 13.0 Å².